The number of carbonyl (C=O) groups excluding carboxylic acids is 1. The molecule has 0 bridgehead atoms. The van der Waals surface area contributed by atoms with Gasteiger partial charge in [-0.25, -0.2) is 22.8 Å². The maximum absolute atomic E-state index is 12.7. The first kappa shape index (κ1) is 15.3. The van der Waals surface area contributed by atoms with E-state index >= 15 is 0 Å². The quantitative estimate of drug-likeness (QED) is 0.835. The summed E-state index contributed by atoms with van der Waals surface area (Å²) in [6, 6.07) is 4.30. The van der Waals surface area contributed by atoms with E-state index in [1.165, 1.54) is 12.4 Å². The molecule has 2 aliphatic heterocycles. The van der Waals surface area contributed by atoms with Crippen LogP contribution in [0.1, 0.15) is 40.6 Å². The van der Waals surface area contributed by atoms with Crippen LogP contribution < -0.4 is 10.0 Å². The van der Waals surface area contributed by atoms with Crippen LogP contribution in [0.25, 0.3) is 0 Å². The fourth-order valence-electron chi connectivity index (χ4n) is 3.21. The Labute approximate surface area is 139 Å². The van der Waals surface area contributed by atoms with Gasteiger partial charge in [0, 0.05) is 18.7 Å². The number of aryl methyl sites for hydroxylation is 1. The Bertz CT molecular complexity index is 906. The van der Waals surface area contributed by atoms with Crippen molar-refractivity contribution in [3.63, 3.8) is 0 Å². The van der Waals surface area contributed by atoms with Crippen LogP contribution in [0.15, 0.2) is 29.4 Å². The zero-order chi connectivity index (χ0) is 16.7. The minimum Gasteiger partial charge on any atom is -0.352 e. The summed E-state index contributed by atoms with van der Waals surface area (Å²) in [5.74, 6) is 0.395. The first-order chi connectivity index (χ1) is 11.5. The summed E-state index contributed by atoms with van der Waals surface area (Å²) in [6.45, 7) is 1.32. The van der Waals surface area contributed by atoms with Crippen molar-refractivity contribution in [1.29, 1.82) is 0 Å². The third-order valence-corrected chi connectivity index (χ3v) is 5.90. The van der Waals surface area contributed by atoms with Gasteiger partial charge in [0.25, 0.3) is 5.91 Å². The van der Waals surface area contributed by atoms with Crippen molar-refractivity contribution in [2.24, 2.45) is 0 Å². The molecule has 24 heavy (non-hydrogen) atoms. The second-order valence-corrected chi connectivity index (χ2v) is 7.70. The van der Waals surface area contributed by atoms with Gasteiger partial charge in [-0.3, -0.25) is 4.79 Å². The van der Waals surface area contributed by atoms with Gasteiger partial charge in [0.15, 0.2) is 0 Å². The SMILES string of the molecule is O=C1NCCc2ccc(S(=O)(=O)NC3CCCn4ncnc43)cc21. The molecule has 0 aliphatic carbocycles. The smallest absolute Gasteiger partial charge is 0.251 e. The highest BCUT2D eigenvalue weighted by atomic mass is 32.2. The lowest BCUT2D eigenvalue weighted by molar-refractivity contribution is 0.0945. The van der Waals surface area contributed by atoms with Gasteiger partial charge in [0.05, 0.1) is 10.9 Å². The number of rotatable bonds is 3. The predicted octanol–water partition coefficient (Wildman–Crippen LogP) is 0.377. The minimum atomic E-state index is -3.75. The molecule has 0 saturated heterocycles. The minimum absolute atomic E-state index is 0.0925. The van der Waals surface area contributed by atoms with Crippen molar-refractivity contribution in [3.8, 4) is 0 Å². The summed E-state index contributed by atoms with van der Waals surface area (Å²) >= 11 is 0. The molecule has 0 fully saturated rings. The number of sulfonamides is 1. The van der Waals surface area contributed by atoms with E-state index in [2.05, 4.69) is 20.1 Å². The van der Waals surface area contributed by atoms with Crippen LogP contribution in [0.3, 0.4) is 0 Å². The van der Waals surface area contributed by atoms with Crippen LogP contribution in [0.4, 0.5) is 0 Å². The molecule has 1 aromatic carbocycles. The standard InChI is InChI=1S/C15H17N5O3S/c21-15-12-8-11(4-3-10(12)5-6-16-15)24(22,23)19-13-2-1-7-20-14(13)17-9-18-20/h3-4,8-9,13,19H,1-2,5-7H2,(H,16,21). The van der Waals surface area contributed by atoms with Crippen LogP contribution in [-0.2, 0) is 23.0 Å². The number of aromatic nitrogens is 3. The van der Waals surface area contributed by atoms with Crippen LogP contribution in [-0.4, -0.2) is 35.6 Å². The van der Waals surface area contributed by atoms with Crippen LogP contribution in [0, 0.1) is 0 Å². The molecule has 1 aromatic heterocycles. The number of carbonyl (C=O) groups is 1. The maximum atomic E-state index is 12.7. The maximum Gasteiger partial charge on any atom is 0.251 e. The lowest BCUT2D eigenvalue weighted by Crippen LogP contribution is -2.34. The Morgan fingerprint density at radius 2 is 2.21 bits per heavy atom. The number of hydrogen-bond acceptors (Lipinski definition) is 5. The van der Waals surface area contributed by atoms with E-state index in [4.69, 9.17) is 0 Å². The fraction of sp³-hybridized carbons (Fsp3) is 0.400. The van der Waals surface area contributed by atoms with E-state index < -0.39 is 16.1 Å². The second kappa shape index (κ2) is 5.67. The van der Waals surface area contributed by atoms with Gasteiger partial charge >= 0.3 is 0 Å². The number of fused-ring (bicyclic) bond motifs is 2. The normalized spacial score (nSPS) is 20.2. The van der Waals surface area contributed by atoms with Gasteiger partial charge in [-0.05, 0) is 37.0 Å². The summed E-state index contributed by atoms with van der Waals surface area (Å²) < 4.78 is 29.9. The molecule has 1 atom stereocenters. The van der Waals surface area contributed by atoms with Gasteiger partial charge in [-0.2, -0.15) is 5.10 Å². The van der Waals surface area contributed by atoms with E-state index in [0.717, 1.165) is 18.5 Å². The molecular weight excluding hydrogens is 330 g/mol. The van der Waals surface area contributed by atoms with Crippen LogP contribution >= 0.6 is 0 Å². The number of nitrogens with one attached hydrogen (secondary N) is 2. The molecule has 0 saturated carbocycles. The van der Waals surface area contributed by atoms with Gasteiger partial charge < -0.3 is 5.32 Å². The average molecular weight is 347 g/mol. The monoisotopic (exact) mass is 347 g/mol. The highest BCUT2D eigenvalue weighted by Crippen LogP contribution is 2.25. The molecule has 2 aliphatic rings. The molecule has 1 unspecified atom stereocenters. The Morgan fingerprint density at radius 3 is 3.08 bits per heavy atom. The third-order valence-electron chi connectivity index (χ3n) is 4.43. The Morgan fingerprint density at radius 1 is 1.33 bits per heavy atom. The molecule has 0 spiro atoms. The molecule has 3 heterocycles. The van der Waals surface area contributed by atoms with Gasteiger partial charge in [-0.1, -0.05) is 6.07 Å². The van der Waals surface area contributed by atoms with Crippen molar-refractivity contribution < 1.29 is 13.2 Å². The molecule has 8 nitrogen and oxygen atoms in total. The van der Waals surface area contributed by atoms with Gasteiger partial charge in [0.1, 0.15) is 12.2 Å². The molecule has 1 amide bonds. The van der Waals surface area contributed by atoms with E-state index in [1.54, 1.807) is 16.8 Å². The summed E-state index contributed by atoms with van der Waals surface area (Å²) in [6.07, 6.45) is 3.64. The number of nitrogens with zero attached hydrogens (tertiary/aromatic N) is 3. The molecular formula is C15H17N5O3S. The topological polar surface area (TPSA) is 106 Å². The molecule has 4 rings (SSSR count). The van der Waals surface area contributed by atoms with E-state index in [9.17, 15) is 13.2 Å². The van der Waals surface area contributed by atoms with Crippen molar-refractivity contribution in [3.05, 3.63) is 41.5 Å². The van der Waals surface area contributed by atoms with Crippen LogP contribution in [0.2, 0.25) is 0 Å². The molecule has 126 valence electrons. The highest BCUT2D eigenvalue weighted by Gasteiger charge is 2.28. The predicted molar refractivity (Wildman–Crippen MR) is 84.8 cm³/mol. The number of hydrogen-bond donors (Lipinski definition) is 2. The second-order valence-electron chi connectivity index (χ2n) is 5.98. The van der Waals surface area contributed by atoms with E-state index in [0.29, 0.717) is 30.8 Å². The van der Waals surface area contributed by atoms with Crippen molar-refractivity contribution >= 4 is 15.9 Å². The van der Waals surface area contributed by atoms with Crippen molar-refractivity contribution in [2.75, 3.05) is 6.54 Å². The van der Waals surface area contributed by atoms with Crippen molar-refractivity contribution in [2.45, 2.75) is 36.7 Å². The summed E-state index contributed by atoms with van der Waals surface area (Å²) in [5, 5.41) is 6.83. The largest absolute Gasteiger partial charge is 0.352 e. The summed E-state index contributed by atoms with van der Waals surface area (Å²) in [5.41, 5.74) is 1.30. The summed E-state index contributed by atoms with van der Waals surface area (Å²) in [4.78, 5) is 16.2. The third kappa shape index (κ3) is 2.59. The van der Waals surface area contributed by atoms with Gasteiger partial charge in [0.2, 0.25) is 10.0 Å². The first-order valence-corrected chi connectivity index (χ1v) is 9.34. The van der Waals surface area contributed by atoms with E-state index in [1.807, 2.05) is 0 Å². The Balaban J connectivity index is 1.65. The number of amides is 1. The fourth-order valence-corrected chi connectivity index (χ4v) is 4.47. The Kier molecular flexibility index (Phi) is 3.61. The molecule has 9 heteroatoms. The summed E-state index contributed by atoms with van der Waals surface area (Å²) in [7, 11) is -3.75. The van der Waals surface area contributed by atoms with Crippen LogP contribution in [0.5, 0.6) is 0 Å². The van der Waals surface area contributed by atoms with E-state index in [-0.39, 0.29) is 10.8 Å². The lowest BCUT2D eigenvalue weighted by atomic mass is 10.0. The molecule has 2 N–H and O–H groups in total. The lowest BCUT2D eigenvalue weighted by Gasteiger charge is -2.23. The molecule has 0 radical (unpaired) electrons. The average Bonchev–Trinajstić information content (AvgIpc) is 3.04. The zero-order valence-corrected chi connectivity index (χ0v) is 13.7. The zero-order valence-electron chi connectivity index (χ0n) is 12.9. The first-order valence-electron chi connectivity index (χ1n) is 7.86. The van der Waals surface area contributed by atoms with Gasteiger partial charge in [-0.15, -0.1) is 0 Å². The highest BCUT2D eigenvalue weighted by molar-refractivity contribution is 7.89. The van der Waals surface area contributed by atoms with Crippen molar-refractivity contribution in [1.82, 2.24) is 24.8 Å². The Hall–Kier alpha value is -2.26. The molecule has 2 aromatic rings. The number of benzene rings is 1.